The summed E-state index contributed by atoms with van der Waals surface area (Å²) in [5, 5.41) is 1.18. The summed E-state index contributed by atoms with van der Waals surface area (Å²) in [6.45, 7) is 8.84. The Kier molecular flexibility index (Phi) is 12.3. The summed E-state index contributed by atoms with van der Waals surface area (Å²) in [7, 11) is -2.25. The van der Waals surface area contributed by atoms with Gasteiger partial charge in [0, 0.05) is 17.6 Å². The zero-order valence-electron chi connectivity index (χ0n) is 18.0. The smallest absolute Gasteiger partial charge is 0.115 e. The van der Waals surface area contributed by atoms with Gasteiger partial charge in [-0.1, -0.05) is 96.3 Å². The Morgan fingerprint density at radius 1 is 0.692 bits per heavy atom. The van der Waals surface area contributed by atoms with Crippen molar-refractivity contribution in [3.05, 3.63) is 29.3 Å². The van der Waals surface area contributed by atoms with Crippen molar-refractivity contribution in [3.8, 4) is 0 Å². The van der Waals surface area contributed by atoms with Crippen LogP contribution in [0.2, 0.25) is 0 Å². The molecule has 0 radical (unpaired) electrons. The molecule has 1 rings (SSSR count). The van der Waals surface area contributed by atoms with Crippen molar-refractivity contribution in [2.45, 2.75) is 105 Å². The van der Waals surface area contributed by atoms with E-state index in [1.54, 1.807) is 0 Å². The SMILES string of the molecule is CCCCCCCCP(=O)(CCCCCCCC)c1cccc(C)c1C. The van der Waals surface area contributed by atoms with Crippen LogP contribution in [-0.2, 0) is 4.57 Å². The van der Waals surface area contributed by atoms with Crippen LogP contribution in [0, 0.1) is 13.8 Å². The van der Waals surface area contributed by atoms with Crippen LogP contribution in [0.25, 0.3) is 0 Å². The average molecular weight is 379 g/mol. The van der Waals surface area contributed by atoms with Crippen LogP contribution in [0.5, 0.6) is 0 Å². The number of unbranched alkanes of at least 4 members (excludes halogenated alkanes) is 10. The van der Waals surface area contributed by atoms with Gasteiger partial charge in [-0.05, 0) is 37.8 Å². The largest absolute Gasteiger partial charge is 0.319 e. The van der Waals surface area contributed by atoms with E-state index in [-0.39, 0.29) is 0 Å². The lowest BCUT2D eigenvalue weighted by Gasteiger charge is -2.22. The molecular weight excluding hydrogens is 335 g/mol. The van der Waals surface area contributed by atoms with Crippen molar-refractivity contribution in [3.63, 3.8) is 0 Å². The predicted molar refractivity (Wildman–Crippen MR) is 120 cm³/mol. The van der Waals surface area contributed by atoms with Crippen molar-refractivity contribution in [1.29, 1.82) is 0 Å². The highest BCUT2D eigenvalue weighted by Gasteiger charge is 2.25. The van der Waals surface area contributed by atoms with Crippen molar-refractivity contribution < 1.29 is 4.57 Å². The van der Waals surface area contributed by atoms with E-state index >= 15 is 0 Å². The lowest BCUT2D eigenvalue weighted by molar-refractivity contribution is 0.567. The summed E-state index contributed by atoms with van der Waals surface area (Å²) in [5.41, 5.74) is 2.56. The van der Waals surface area contributed by atoms with Crippen LogP contribution in [-0.4, -0.2) is 12.3 Å². The molecular formula is C24H43OP. The highest BCUT2D eigenvalue weighted by atomic mass is 31.2. The van der Waals surface area contributed by atoms with E-state index in [9.17, 15) is 4.57 Å². The van der Waals surface area contributed by atoms with Crippen molar-refractivity contribution in [2.24, 2.45) is 0 Å². The van der Waals surface area contributed by atoms with Gasteiger partial charge in [-0.2, -0.15) is 0 Å². The third-order valence-corrected chi connectivity index (χ3v) is 9.20. The quantitative estimate of drug-likeness (QED) is 0.223. The van der Waals surface area contributed by atoms with Crippen LogP contribution in [0.3, 0.4) is 0 Å². The zero-order chi connectivity index (χ0) is 19.3. The van der Waals surface area contributed by atoms with E-state index in [0.717, 1.165) is 25.2 Å². The van der Waals surface area contributed by atoms with Crippen molar-refractivity contribution >= 4 is 12.4 Å². The number of hydrogen-bond acceptors (Lipinski definition) is 1. The first kappa shape index (κ1) is 23.5. The second-order valence-electron chi connectivity index (χ2n) is 8.09. The topological polar surface area (TPSA) is 17.1 Å². The first-order chi connectivity index (χ1) is 12.5. The standard InChI is InChI=1S/C24H43OP/c1-5-7-9-11-13-15-20-26(25,21-16-14-12-10-8-6-2)24-19-17-18-22(3)23(24)4/h17-19H,5-16,20-21H2,1-4H3. The molecule has 0 saturated heterocycles. The number of benzene rings is 1. The van der Waals surface area contributed by atoms with E-state index in [0.29, 0.717) is 0 Å². The molecule has 0 saturated carbocycles. The van der Waals surface area contributed by atoms with Gasteiger partial charge in [-0.25, -0.2) is 0 Å². The molecule has 0 N–H and O–H groups in total. The third kappa shape index (κ3) is 8.43. The molecule has 0 aliphatic heterocycles. The first-order valence-corrected chi connectivity index (χ1v) is 13.3. The van der Waals surface area contributed by atoms with E-state index in [4.69, 9.17) is 0 Å². The Balaban J connectivity index is 2.65. The minimum absolute atomic E-state index is 0.915. The summed E-state index contributed by atoms with van der Waals surface area (Å²) >= 11 is 0. The highest BCUT2D eigenvalue weighted by Crippen LogP contribution is 2.47. The maximum atomic E-state index is 14.0. The van der Waals surface area contributed by atoms with Gasteiger partial charge in [-0.3, -0.25) is 0 Å². The predicted octanol–water partition coefficient (Wildman–Crippen LogP) is 8.01. The van der Waals surface area contributed by atoms with Crippen LogP contribution in [0.4, 0.5) is 0 Å². The molecule has 0 unspecified atom stereocenters. The second-order valence-corrected chi connectivity index (χ2v) is 11.2. The lowest BCUT2D eigenvalue weighted by Crippen LogP contribution is -2.15. The average Bonchev–Trinajstić information content (AvgIpc) is 2.63. The van der Waals surface area contributed by atoms with Gasteiger partial charge in [0.15, 0.2) is 0 Å². The van der Waals surface area contributed by atoms with Gasteiger partial charge in [0.25, 0.3) is 0 Å². The monoisotopic (exact) mass is 378 g/mol. The summed E-state index contributed by atoms with van der Waals surface area (Å²) < 4.78 is 14.0. The maximum absolute atomic E-state index is 14.0. The molecule has 1 nitrogen and oxygen atoms in total. The molecule has 0 heterocycles. The van der Waals surface area contributed by atoms with Gasteiger partial charge in [0.1, 0.15) is 7.14 Å². The number of hydrogen-bond donors (Lipinski definition) is 0. The summed E-state index contributed by atoms with van der Waals surface area (Å²) in [5.74, 6) is 0. The number of aryl methyl sites for hydroxylation is 1. The minimum atomic E-state index is -2.25. The van der Waals surface area contributed by atoms with E-state index in [2.05, 4.69) is 45.9 Å². The fourth-order valence-corrected chi connectivity index (χ4v) is 7.14. The molecule has 0 bridgehead atoms. The highest BCUT2D eigenvalue weighted by molar-refractivity contribution is 7.71. The summed E-state index contributed by atoms with van der Waals surface area (Å²) in [4.78, 5) is 0. The van der Waals surface area contributed by atoms with E-state index in [1.807, 2.05) is 0 Å². The Labute approximate surface area is 163 Å². The van der Waals surface area contributed by atoms with Crippen molar-refractivity contribution in [1.82, 2.24) is 0 Å². The first-order valence-electron chi connectivity index (χ1n) is 11.2. The Hall–Kier alpha value is -0.550. The fourth-order valence-electron chi connectivity index (χ4n) is 3.82. The van der Waals surface area contributed by atoms with Gasteiger partial charge >= 0.3 is 0 Å². The Morgan fingerprint density at radius 2 is 1.15 bits per heavy atom. The normalized spacial score (nSPS) is 11.8. The molecule has 2 heteroatoms. The Morgan fingerprint density at radius 3 is 1.65 bits per heavy atom. The molecule has 0 aliphatic carbocycles. The second kappa shape index (κ2) is 13.6. The molecule has 0 atom stereocenters. The third-order valence-electron chi connectivity index (χ3n) is 5.76. The molecule has 0 aromatic heterocycles. The molecule has 26 heavy (non-hydrogen) atoms. The van der Waals surface area contributed by atoms with Crippen LogP contribution < -0.4 is 5.30 Å². The van der Waals surface area contributed by atoms with Crippen LogP contribution >= 0.6 is 7.14 Å². The van der Waals surface area contributed by atoms with Gasteiger partial charge in [0.05, 0.1) is 0 Å². The van der Waals surface area contributed by atoms with Crippen LogP contribution in [0.15, 0.2) is 18.2 Å². The van der Waals surface area contributed by atoms with Crippen LogP contribution in [0.1, 0.15) is 102 Å². The molecule has 0 spiro atoms. The van der Waals surface area contributed by atoms with E-state index in [1.165, 1.54) is 80.6 Å². The molecule has 150 valence electrons. The van der Waals surface area contributed by atoms with Gasteiger partial charge in [0.2, 0.25) is 0 Å². The van der Waals surface area contributed by atoms with E-state index < -0.39 is 7.14 Å². The minimum Gasteiger partial charge on any atom is -0.319 e. The maximum Gasteiger partial charge on any atom is 0.115 e. The zero-order valence-corrected chi connectivity index (χ0v) is 18.9. The summed E-state index contributed by atoms with van der Waals surface area (Å²) in [6.07, 6.45) is 17.1. The van der Waals surface area contributed by atoms with Crippen molar-refractivity contribution in [2.75, 3.05) is 12.3 Å². The molecule has 1 aromatic rings. The van der Waals surface area contributed by atoms with Gasteiger partial charge in [-0.15, -0.1) is 0 Å². The number of rotatable bonds is 15. The molecule has 0 aliphatic rings. The lowest BCUT2D eigenvalue weighted by atomic mass is 10.1. The molecule has 0 fully saturated rings. The summed E-state index contributed by atoms with van der Waals surface area (Å²) in [6, 6.07) is 6.41. The molecule has 0 amide bonds. The molecule has 1 aromatic carbocycles. The fraction of sp³-hybridized carbons (Fsp3) is 0.750. The van der Waals surface area contributed by atoms with Gasteiger partial charge < -0.3 is 4.57 Å². The Bertz CT molecular complexity index is 515.